The van der Waals surface area contributed by atoms with Gasteiger partial charge in [-0.25, -0.2) is 10.2 Å². The third-order valence-corrected chi connectivity index (χ3v) is 12.2. The number of ether oxygens (including phenoxy) is 3. The molecule has 0 aromatic heterocycles. The van der Waals surface area contributed by atoms with Crippen LogP contribution in [0.15, 0.2) is 42.5 Å². The van der Waals surface area contributed by atoms with E-state index in [2.05, 4.69) is 26.8 Å². The van der Waals surface area contributed by atoms with Crippen LogP contribution >= 0.6 is 21.6 Å². The first-order valence-electron chi connectivity index (χ1n) is 19.4. The fourth-order valence-electron chi connectivity index (χ4n) is 6.10. The Bertz CT molecular complexity index is 1790. The maximum Gasteiger partial charge on any atom is 0.408 e. The second-order valence-corrected chi connectivity index (χ2v) is 19.2. The lowest BCUT2D eigenvalue weighted by molar-refractivity contribution is -0.385. The molecule has 326 valence electrons. The molecule has 1 aliphatic rings. The minimum absolute atomic E-state index is 0.118. The van der Waals surface area contributed by atoms with E-state index < -0.39 is 64.5 Å². The summed E-state index contributed by atoms with van der Waals surface area (Å²) in [6.07, 6.45) is 0.150. The fourth-order valence-corrected chi connectivity index (χ4v) is 8.61. The molecular formula is C40H59N7O10S2. The molecule has 0 radical (unpaired) electrons. The Morgan fingerprint density at radius 1 is 1.03 bits per heavy atom. The van der Waals surface area contributed by atoms with E-state index >= 15 is 0 Å². The summed E-state index contributed by atoms with van der Waals surface area (Å²) in [6.45, 7) is 14.7. The summed E-state index contributed by atoms with van der Waals surface area (Å²) in [6, 6.07) is 7.47. The number of likely N-dealkylation sites (tertiary alicyclic amines) is 1. The quantitative estimate of drug-likeness (QED) is 0.0514. The summed E-state index contributed by atoms with van der Waals surface area (Å²) in [5.41, 5.74) is 5.43. The van der Waals surface area contributed by atoms with E-state index in [-0.39, 0.29) is 65.0 Å². The number of benzene rings is 2. The number of nitrogens with zero attached hydrogens (tertiary/aromatic N) is 2. The number of rotatable bonds is 20. The van der Waals surface area contributed by atoms with Gasteiger partial charge in [-0.2, -0.15) is 0 Å². The number of alkyl carbamates (subject to hydrolysis) is 1. The molecule has 3 rings (SSSR count). The van der Waals surface area contributed by atoms with Gasteiger partial charge in [0.1, 0.15) is 23.7 Å². The molecule has 5 amide bonds. The smallest absolute Gasteiger partial charge is 0.408 e. The molecule has 2 unspecified atom stereocenters. The van der Waals surface area contributed by atoms with Crippen molar-refractivity contribution < 1.29 is 43.1 Å². The molecule has 0 saturated carbocycles. The van der Waals surface area contributed by atoms with Gasteiger partial charge in [0.2, 0.25) is 17.7 Å². The van der Waals surface area contributed by atoms with Gasteiger partial charge in [0.25, 0.3) is 11.6 Å². The second-order valence-electron chi connectivity index (χ2n) is 16.1. The van der Waals surface area contributed by atoms with Crippen LogP contribution in [-0.4, -0.2) is 101 Å². The number of hydrogen-bond acceptors (Lipinski definition) is 13. The van der Waals surface area contributed by atoms with Crippen molar-refractivity contribution in [2.75, 3.05) is 26.5 Å². The molecule has 5 atom stereocenters. The van der Waals surface area contributed by atoms with Crippen LogP contribution in [0.3, 0.4) is 0 Å². The van der Waals surface area contributed by atoms with E-state index in [1.807, 2.05) is 51.1 Å². The Morgan fingerprint density at radius 2 is 1.71 bits per heavy atom. The van der Waals surface area contributed by atoms with E-state index in [0.29, 0.717) is 6.42 Å². The van der Waals surface area contributed by atoms with Crippen LogP contribution in [0.1, 0.15) is 91.8 Å². The number of carbonyl (C=O) groups excluding carboxylic acids is 5. The number of methoxy groups -OCH3 is 1. The van der Waals surface area contributed by atoms with Gasteiger partial charge in [0, 0.05) is 36.4 Å². The maximum atomic E-state index is 14.1. The lowest BCUT2D eigenvalue weighted by atomic mass is 10.0. The molecule has 1 fully saturated rings. The average Bonchev–Trinajstić information content (AvgIpc) is 3.43. The van der Waals surface area contributed by atoms with Crippen molar-refractivity contribution in [1.82, 2.24) is 31.7 Å². The van der Waals surface area contributed by atoms with Crippen molar-refractivity contribution in [2.45, 2.75) is 122 Å². The molecule has 5 N–H and O–H groups in total. The molecule has 59 heavy (non-hydrogen) atoms. The Morgan fingerprint density at radius 3 is 2.31 bits per heavy atom. The number of hydrogen-bond donors (Lipinski definition) is 5. The highest BCUT2D eigenvalue weighted by Crippen LogP contribution is 2.38. The predicted molar refractivity (Wildman–Crippen MR) is 228 cm³/mol. The van der Waals surface area contributed by atoms with E-state index in [0.717, 1.165) is 5.56 Å². The van der Waals surface area contributed by atoms with Crippen molar-refractivity contribution in [3.05, 3.63) is 63.7 Å². The van der Waals surface area contributed by atoms with E-state index in [4.69, 9.17) is 14.2 Å². The summed E-state index contributed by atoms with van der Waals surface area (Å²) in [4.78, 5) is 79.4. The second kappa shape index (κ2) is 22.0. The zero-order chi connectivity index (χ0) is 44.1. The third kappa shape index (κ3) is 15.4. The Labute approximate surface area is 354 Å². The Balaban J connectivity index is 1.81. The summed E-state index contributed by atoms with van der Waals surface area (Å²) in [5, 5.41) is 20.2. The van der Waals surface area contributed by atoms with Crippen molar-refractivity contribution in [1.29, 1.82) is 0 Å². The summed E-state index contributed by atoms with van der Waals surface area (Å²) < 4.78 is 16.5. The number of nitro groups is 1. The van der Waals surface area contributed by atoms with Gasteiger partial charge in [-0.1, -0.05) is 72.7 Å². The largest absolute Gasteiger partial charge is 0.493 e. The monoisotopic (exact) mass is 861 g/mol. The first-order valence-corrected chi connectivity index (χ1v) is 21.7. The van der Waals surface area contributed by atoms with Gasteiger partial charge >= 0.3 is 6.09 Å². The average molecular weight is 862 g/mol. The first-order chi connectivity index (χ1) is 27.6. The molecule has 2 aromatic carbocycles. The molecule has 1 aliphatic heterocycles. The van der Waals surface area contributed by atoms with Gasteiger partial charge in [0.15, 0.2) is 11.5 Å². The van der Waals surface area contributed by atoms with Crippen molar-refractivity contribution in [3.8, 4) is 11.5 Å². The minimum atomic E-state index is -1.06. The van der Waals surface area contributed by atoms with Gasteiger partial charge in [0.05, 0.1) is 36.3 Å². The van der Waals surface area contributed by atoms with Crippen molar-refractivity contribution >= 4 is 57.0 Å². The molecule has 0 aliphatic carbocycles. The molecule has 0 spiro atoms. The molecule has 0 bridgehead atoms. The Kier molecular flexibility index (Phi) is 18.1. The van der Waals surface area contributed by atoms with E-state index in [9.17, 15) is 34.1 Å². The van der Waals surface area contributed by atoms with Crippen molar-refractivity contribution in [3.63, 3.8) is 0 Å². The zero-order valence-electron chi connectivity index (χ0n) is 35.5. The number of amides is 5. The number of carbonyl (C=O) groups is 5. The predicted octanol–water partition coefficient (Wildman–Crippen LogP) is 4.98. The van der Waals surface area contributed by atoms with Gasteiger partial charge in [-0.15, -0.1) is 0 Å². The van der Waals surface area contributed by atoms with Crippen molar-refractivity contribution in [2.24, 2.45) is 0 Å². The zero-order valence-corrected chi connectivity index (χ0v) is 37.1. The molecule has 19 heteroatoms. The SMILES string of the molecule is CNC(=O)CCCOc1cc([N+](=O)[O-])c(C(C)NNC(=O)[C@H](CSSC(C)(C)C)N2C(=O)[C@@H](NC(=O)[C@H](Cc3ccccc3)NC(=O)OC(C)(C)C)CC2C)cc1OC. The number of hydrazine groups is 1. The Hall–Kier alpha value is -4.75. The summed E-state index contributed by atoms with van der Waals surface area (Å²) >= 11 is 0. The van der Waals surface area contributed by atoms with Crippen LogP contribution < -0.4 is 36.3 Å². The normalized spacial score (nSPS) is 17.0. The van der Waals surface area contributed by atoms with Crippen LogP contribution in [0.4, 0.5) is 10.5 Å². The first kappa shape index (κ1) is 48.6. The minimum Gasteiger partial charge on any atom is -0.493 e. The lowest BCUT2D eigenvalue weighted by Gasteiger charge is -2.31. The molecular weight excluding hydrogens is 803 g/mol. The standard InChI is InChI=1S/C40H59N7O10S2/c1-24-19-29(42-35(49)28(20-26-15-12-11-13-16-26)43-38(52)57-39(3,4)5)37(51)46(24)31(23-58-59-40(6,7)8)36(50)45-44-25(2)27-21-32(55-10)33(22-30(27)47(53)54)56-18-14-17-34(48)41-9/h11-13,15-16,21-22,24-25,28-29,31,44H,14,17-20,23H2,1-10H3,(H,41,48)(H,42,49)(H,43,52)(H,45,50)/t24?,25?,28-,29-,31-/m0/s1. The van der Waals surface area contributed by atoms with E-state index in [1.54, 1.807) is 45.4 Å². The molecule has 1 saturated heterocycles. The van der Waals surface area contributed by atoms with Crippen LogP contribution in [0.25, 0.3) is 0 Å². The van der Waals surface area contributed by atoms with E-state index in [1.165, 1.54) is 42.0 Å². The highest BCUT2D eigenvalue weighted by atomic mass is 33.1. The van der Waals surface area contributed by atoms with Gasteiger partial charge in [-0.05, 0) is 59.1 Å². The molecule has 1 heterocycles. The van der Waals surface area contributed by atoms with Gasteiger partial charge < -0.3 is 35.1 Å². The highest BCUT2D eigenvalue weighted by Gasteiger charge is 2.45. The molecule has 17 nitrogen and oxygen atoms in total. The maximum absolute atomic E-state index is 14.1. The number of nitro benzene ring substituents is 1. The molecule has 2 aromatic rings. The third-order valence-electron chi connectivity index (χ3n) is 8.86. The van der Waals surface area contributed by atoms with Crippen LogP contribution in [-0.2, 0) is 30.3 Å². The summed E-state index contributed by atoms with van der Waals surface area (Å²) in [5.74, 6) is -1.25. The highest BCUT2D eigenvalue weighted by molar-refractivity contribution is 8.77. The van der Waals surface area contributed by atoms with Gasteiger partial charge in [-0.3, -0.25) is 34.7 Å². The number of nitrogens with one attached hydrogen (secondary N) is 5. The topological polar surface area (TPSA) is 220 Å². The summed E-state index contributed by atoms with van der Waals surface area (Å²) in [7, 11) is 5.88. The van der Waals surface area contributed by atoms with Crippen LogP contribution in [0, 0.1) is 10.1 Å². The lowest BCUT2D eigenvalue weighted by Crippen LogP contribution is -2.57. The van der Waals surface area contributed by atoms with Crippen LogP contribution in [0.2, 0.25) is 0 Å². The van der Waals surface area contributed by atoms with Crippen LogP contribution in [0.5, 0.6) is 11.5 Å². The fraction of sp³-hybridized carbons (Fsp3) is 0.575.